The molecule has 2 atom stereocenters. The number of ketones is 1. The topological polar surface area (TPSA) is 101 Å². The summed E-state index contributed by atoms with van der Waals surface area (Å²) in [7, 11) is 0. The van der Waals surface area contributed by atoms with Crippen molar-refractivity contribution in [2.45, 2.75) is 11.8 Å². The maximum atomic E-state index is 14.5. The maximum Gasteiger partial charge on any atom is 0.345 e. The van der Waals surface area contributed by atoms with Crippen LogP contribution in [0.25, 0.3) is 0 Å². The normalized spacial score (nSPS) is 19.6. The number of ether oxygens (including phenoxy) is 1. The Bertz CT molecular complexity index is 2180. The maximum absolute atomic E-state index is 14.5. The third kappa shape index (κ3) is 5.51. The molecule has 9 rings (SSSR count). The second-order valence-corrected chi connectivity index (χ2v) is 13.9. The van der Waals surface area contributed by atoms with Crippen molar-refractivity contribution in [2.24, 2.45) is 11.8 Å². The van der Waals surface area contributed by atoms with Crippen molar-refractivity contribution in [3.05, 3.63) is 169 Å². The van der Waals surface area contributed by atoms with Crippen molar-refractivity contribution in [1.29, 1.82) is 0 Å². The Morgan fingerprint density at radius 2 is 1.12 bits per heavy atom. The van der Waals surface area contributed by atoms with Gasteiger partial charge in [-0.25, -0.2) is 9.80 Å². The Kier molecular flexibility index (Phi) is 8.26. The Balaban J connectivity index is 1.11. The predicted octanol–water partition coefficient (Wildman–Crippen LogP) is 8.00. The van der Waals surface area contributed by atoms with Crippen LogP contribution in [-0.4, -0.2) is 46.0 Å². The number of imide groups is 1. The first kappa shape index (κ1) is 32.9. The molecule has 1 aliphatic heterocycles. The standard InChI is InChI=1S/C40H25Cl3N2O6/c41-23-13-9-22(10-14-23)37(47)44(20-32(46)21-11-16-25(17-12-21)51-40(50)30-18-15-24(42)19-31(30)43)45-38(48)35-33-26-5-1-2-6-27(26)34(36(35)39(45)49)29-8-4-3-7-28(29)33/h1-19,33-36H,20H2/t33?,34?,35-,36-/m1/s1. The number of hydrogen-bond donors (Lipinski definition) is 0. The lowest BCUT2D eigenvalue weighted by atomic mass is 9.55. The molecule has 3 amide bonds. The van der Waals surface area contributed by atoms with Crippen LogP contribution >= 0.6 is 34.8 Å². The first-order valence-corrected chi connectivity index (χ1v) is 17.2. The van der Waals surface area contributed by atoms with Gasteiger partial charge in [0.1, 0.15) is 12.3 Å². The van der Waals surface area contributed by atoms with Gasteiger partial charge < -0.3 is 4.74 Å². The number of halogens is 3. The highest BCUT2D eigenvalue weighted by Crippen LogP contribution is 2.61. The third-order valence-electron chi connectivity index (χ3n) is 9.82. The summed E-state index contributed by atoms with van der Waals surface area (Å²) in [6.07, 6.45) is 0. The van der Waals surface area contributed by atoms with Gasteiger partial charge in [0.2, 0.25) is 0 Å². The van der Waals surface area contributed by atoms with Crippen LogP contribution in [-0.2, 0) is 9.59 Å². The first-order chi connectivity index (χ1) is 24.6. The number of carbonyl (C=O) groups excluding carboxylic acids is 5. The van der Waals surface area contributed by atoms with Gasteiger partial charge in [-0.1, -0.05) is 83.3 Å². The monoisotopic (exact) mass is 734 g/mol. The van der Waals surface area contributed by atoms with Crippen molar-refractivity contribution in [3.8, 4) is 5.75 Å². The van der Waals surface area contributed by atoms with E-state index in [-0.39, 0.29) is 27.5 Å². The van der Waals surface area contributed by atoms with Crippen molar-refractivity contribution in [2.75, 3.05) is 6.54 Å². The highest BCUT2D eigenvalue weighted by Gasteiger charge is 2.63. The summed E-state index contributed by atoms with van der Waals surface area (Å²) in [4.78, 5) is 69.8. The molecule has 3 aliphatic carbocycles. The Hall–Kier alpha value is -5.28. The summed E-state index contributed by atoms with van der Waals surface area (Å²) < 4.78 is 5.43. The number of hydrogen-bond acceptors (Lipinski definition) is 6. The smallest absolute Gasteiger partial charge is 0.345 e. The molecule has 0 radical (unpaired) electrons. The first-order valence-electron chi connectivity index (χ1n) is 16.1. The van der Waals surface area contributed by atoms with E-state index in [0.29, 0.717) is 10.0 Å². The van der Waals surface area contributed by atoms with E-state index in [9.17, 15) is 24.0 Å². The molecular formula is C40H25Cl3N2O6. The average Bonchev–Trinajstić information content (AvgIpc) is 3.40. The van der Waals surface area contributed by atoms with Crippen LogP contribution in [0.5, 0.6) is 5.75 Å². The van der Waals surface area contributed by atoms with E-state index in [0.717, 1.165) is 32.3 Å². The van der Waals surface area contributed by atoms with Gasteiger partial charge in [0, 0.05) is 33.0 Å². The molecule has 0 unspecified atom stereocenters. The van der Waals surface area contributed by atoms with Gasteiger partial charge in [-0.05, 0) is 89.0 Å². The molecule has 0 spiro atoms. The van der Waals surface area contributed by atoms with Gasteiger partial charge in [-0.2, -0.15) is 5.01 Å². The largest absolute Gasteiger partial charge is 0.423 e. The molecule has 5 aromatic rings. The van der Waals surface area contributed by atoms with Crippen molar-refractivity contribution in [3.63, 3.8) is 0 Å². The molecule has 0 saturated carbocycles. The van der Waals surface area contributed by atoms with Crippen LogP contribution in [0.2, 0.25) is 15.1 Å². The van der Waals surface area contributed by atoms with Crippen molar-refractivity contribution < 1.29 is 28.7 Å². The van der Waals surface area contributed by atoms with Crippen LogP contribution in [0, 0.1) is 11.8 Å². The Morgan fingerprint density at radius 3 is 1.63 bits per heavy atom. The number of rotatable bonds is 7. The Morgan fingerprint density at radius 1 is 0.627 bits per heavy atom. The quantitative estimate of drug-likeness (QED) is 0.0727. The number of hydrazine groups is 1. The molecule has 0 aromatic heterocycles. The number of carbonyl (C=O) groups is 5. The highest BCUT2D eigenvalue weighted by atomic mass is 35.5. The van der Waals surface area contributed by atoms with E-state index in [2.05, 4.69) is 0 Å². The molecule has 11 heteroatoms. The fourth-order valence-electron chi connectivity index (χ4n) is 7.63. The number of benzene rings is 5. The zero-order valence-corrected chi connectivity index (χ0v) is 28.7. The summed E-state index contributed by atoms with van der Waals surface area (Å²) in [5.74, 6) is -5.23. The Labute approximate surface area is 307 Å². The summed E-state index contributed by atoms with van der Waals surface area (Å²) >= 11 is 18.2. The van der Waals surface area contributed by atoms with Gasteiger partial charge in [0.15, 0.2) is 5.78 Å². The van der Waals surface area contributed by atoms with Gasteiger partial charge in [0.25, 0.3) is 17.7 Å². The molecular weight excluding hydrogens is 711 g/mol. The summed E-state index contributed by atoms with van der Waals surface area (Å²) in [5, 5.41) is 2.70. The number of Topliss-reactive ketones (excluding diaryl/α,β-unsaturated/α-hetero) is 1. The predicted molar refractivity (Wildman–Crippen MR) is 190 cm³/mol. The van der Waals surface area contributed by atoms with Gasteiger partial charge in [-0.15, -0.1) is 0 Å². The molecule has 1 heterocycles. The van der Waals surface area contributed by atoms with Crippen molar-refractivity contribution in [1.82, 2.24) is 10.0 Å². The van der Waals surface area contributed by atoms with Crippen molar-refractivity contribution >= 4 is 64.3 Å². The van der Waals surface area contributed by atoms with E-state index in [1.165, 1.54) is 66.7 Å². The number of nitrogens with zero attached hydrogens (tertiary/aromatic N) is 2. The minimum Gasteiger partial charge on any atom is -0.423 e. The second kappa shape index (κ2) is 12.8. The highest BCUT2D eigenvalue weighted by molar-refractivity contribution is 6.36. The number of amides is 3. The van der Waals surface area contributed by atoms with E-state index in [1.807, 2.05) is 48.5 Å². The minimum absolute atomic E-state index is 0.109. The number of esters is 1. The summed E-state index contributed by atoms with van der Waals surface area (Å²) in [6, 6.07) is 31.7. The van der Waals surface area contributed by atoms with Crippen LogP contribution in [0.15, 0.2) is 115 Å². The lowest BCUT2D eigenvalue weighted by Gasteiger charge is -2.45. The van der Waals surface area contributed by atoms with Crippen LogP contribution in [0.1, 0.15) is 65.2 Å². The molecule has 2 bridgehead atoms. The lowest BCUT2D eigenvalue weighted by Crippen LogP contribution is -2.52. The zero-order chi connectivity index (χ0) is 35.6. The molecule has 4 aliphatic rings. The molecule has 252 valence electrons. The fourth-order valence-corrected chi connectivity index (χ4v) is 8.24. The molecule has 8 nitrogen and oxygen atoms in total. The van der Waals surface area contributed by atoms with E-state index >= 15 is 0 Å². The van der Waals surface area contributed by atoms with Crippen LogP contribution in [0.3, 0.4) is 0 Å². The minimum atomic E-state index is -0.758. The zero-order valence-electron chi connectivity index (χ0n) is 26.5. The van der Waals surface area contributed by atoms with E-state index in [1.54, 1.807) is 0 Å². The van der Waals surface area contributed by atoms with Crippen LogP contribution in [0.4, 0.5) is 0 Å². The average molecular weight is 736 g/mol. The van der Waals surface area contributed by atoms with E-state index in [4.69, 9.17) is 39.5 Å². The van der Waals surface area contributed by atoms with E-state index < -0.39 is 59.7 Å². The summed E-state index contributed by atoms with van der Waals surface area (Å²) in [5.41, 5.74) is 4.34. The lowest BCUT2D eigenvalue weighted by molar-refractivity contribution is -0.154. The molecule has 0 N–H and O–H groups in total. The van der Waals surface area contributed by atoms with Gasteiger partial charge >= 0.3 is 5.97 Å². The SMILES string of the molecule is O=C(CN(C(=O)c1ccc(Cl)cc1)N1C(=O)[C@@H]2C3c4ccccc4C(c4ccccc43)[C@H]2C1=O)c1ccc(OC(=O)c2ccc(Cl)cc2Cl)cc1. The molecule has 51 heavy (non-hydrogen) atoms. The molecule has 5 aromatic carbocycles. The van der Waals surface area contributed by atoms with Crippen LogP contribution < -0.4 is 4.74 Å². The second-order valence-electron chi connectivity index (χ2n) is 12.6. The third-order valence-corrected chi connectivity index (χ3v) is 10.6. The van der Waals surface area contributed by atoms with Gasteiger partial charge in [-0.3, -0.25) is 19.2 Å². The fraction of sp³-hybridized carbons (Fsp3) is 0.125. The van der Waals surface area contributed by atoms with Gasteiger partial charge in [0.05, 0.1) is 22.4 Å². The molecule has 1 fully saturated rings. The molecule has 1 saturated heterocycles. The summed E-state index contributed by atoms with van der Waals surface area (Å²) in [6.45, 7) is -0.618.